The summed E-state index contributed by atoms with van der Waals surface area (Å²) in [5, 5.41) is 3.75. The minimum atomic E-state index is 0.227. The first-order chi connectivity index (χ1) is 8.31. The average molecular weight is 230 g/mol. The lowest BCUT2D eigenvalue weighted by Crippen LogP contribution is -1.98. The highest BCUT2D eigenvalue weighted by atomic mass is 16.7. The Morgan fingerprint density at radius 1 is 1.29 bits per heavy atom. The van der Waals surface area contributed by atoms with Crippen molar-refractivity contribution in [2.45, 2.75) is 0 Å². The summed E-state index contributed by atoms with van der Waals surface area (Å²) in [4.78, 5) is 15.3. The zero-order valence-corrected chi connectivity index (χ0v) is 9.19. The highest BCUT2D eigenvalue weighted by Gasteiger charge is 2.15. The zero-order chi connectivity index (χ0) is 11.8. The summed E-state index contributed by atoms with van der Waals surface area (Å²) in [5.41, 5.74) is 1.29. The van der Waals surface area contributed by atoms with E-state index in [4.69, 9.17) is 9.47 Å². The molecular weight excluding hydrogens is 220 g/mol. The second kappa shape index (κ2) is 3.62. The van der Waals surface area contributed by atoms with Gasteiger partial charge in [-0.15, -0.1) is 0 Å². The zero-order valence-electron chi connectivity index (χ0n) is 9.19. The molecule has 0 radical (unpaired) electrons. The molecule has 1 aliphatic rings. The number of fused-ring (bicyclic) bond motifs is 2. The first kappa shape index (κ1) is 9.89. The molecule has 0 saturated heterocycles. The molecule has 0 atom stereocenters. The van der Waals surface area contributed by atoms with Gasteiger partial charge in [0.2, 0.25) is 6.79 Å². The fourth-order valence-corrected chi connectivity index (χ4v) is 1.87. The van der Waals surface area contributed by atoms with Crippen molar-refractivity contribution in [3.63, 3.8) is 0 Å². The molecule has 3 rings (SSSR count). The fraction of sp³-hybridized carbons (Fsp3) is 0.167. The summed E-state index contributed by atoms with van der Waals surface area (Å²) in [6.07, 6.45) is 0.781. The predicted octanol–water partition coefficient (Wildman–Crippen LogP) is 1.82. The number of aldehydes is 1. The van der Waals surface area contributed by atoms with E-state index >= 15 is 0 Å². The van der Waals surface area contributed by atoms with Gasteiger partial charge in [-0.1, -0.05) is 0 Å². The van der Waals surface area contributed by atoms with Crippen LogP contribution in [-0.2, 0) is 0 Å². The van der Waals surface area contributed by atoms with E-state index in [-0.39, 0.29) is 6.79 Å². The number of carbonyl (C=O) groups excluding carboxylic acids is 1. The lowest BCUT2D eigenvalue weighted by Gasteiger charge is -2.06. The maximum absolute atomic E-state index is 10.9. The van der Waals surface area contributed by atoms with Crippen molar-refractivity contribution in [2.75, 3.05) is 19.2 Å². The lowest BCUT2D eigenvalue weighted by atomic mass is 10.1. The molecule has 86 valence electrons. The van der Waals surface area contributed by atoms with Crippen molar-refractivity contribution < 1.29 is 14.3 Å². The van der Waals surface area contributed by atoms with Crippen LogP contribution in [0.2, 0.25) is 0 Å². The van der Waals surface area contributed by atoms with Crippen LogP contribution in [0.5, 0.6) is 11.5 Å². The number of anilines is 1. The molecule has 0 bridgehead atoms. The number of rotatable bonds is 2. The van der Waals surface area contributed by atoms with Crippen LogP contribution in [0, 0.1) is 0 Å². The van der Waals surface area contributed by atoms with Crippen LogP contribution in [-0.4, -0.2) is 25.1 Å². The third-order valence-electron chi connectivity index (χ3n) is 2.70. The normalized spacial score (nSPS) is 12.8. The van der Waals surface area contributed by atoms with Gasteiger partial charge < -0.3 is 14.8 Å². The number of pyridine rings is 1. The topological polar surface area (TPSA) is 60.5 Å². The molecular formula is C12H10N2O3. The molecule has 0 aliphatic carbocycles. The van der Waals surface area contributed by atoms with E-state index in [2.05, 4.69) is 10.3 Å². The summed E-state index contributed by atoms with van der Waals surface area (Å²) in [5.74, 6) is 1.94. The Hall–Kier alpha value is -2.30. The number of nitrogens with zero attached hydrogens (tertiary/aromatic N) is 1. The van der Waals surface area contributed by atoms with Gasteiger partial charge in [0, 0.05) is 18.5 Å². The van der Waals surface area contributed by atoms with E-state index in [9.17, 15) is 4.79 Å². The smallest absolute Gasteiger partial charge is 0.231 e. The standard InChI is InChI=1S/C12H10N2O3/c1-13-12-8(5-15)2-7-3-10-11(17-6-16-10)4-9(7)14-12/h2-5H,6H2,1H3,(H,13,14). The van der Waals surface area contributed by atoms with Crippen molar-refractivity contribution in [3.8, 4) is 11.5 Å². The minimum Gasteiger partial charge on any atom is -0.454 e. The summed E-state index contributed by atoms with van der Waals surface area (Å²) in [7, 11) is 1.73. The van der Waals surface area contributed by atoms with Crippen molar-refractivity contribution in [1.29, 1.82) is 0 Å². The highest BCUT2D eigenvalue weighted by molar-refractivity contribution is 5.93. The number of nitrogens with one attached hydrogen (secondary N) is 1. The maximum atomic E-state index is 10.9. The molecule has 0 spiro atoms. The molecule has 17 heavy (non-hydrogen) atoms. The third kappa shape index (κ3) is 1.47. The predicted molar refractivity (Wildman–Crippen MR) is 62.8 cm³/mol. The summed E-state index contributed by atoms with van der Waals surface area (Å²) < 4.78 is 10.6. The van der Waals surface area contributed by atoms with E-state index < -0.39 is 0 Å². The molecule has 0 unspecified atom stereocenters. The average Bonchev–Trinajstić information content (AvgIpc) is 2.81. The van der Waals surface area contributed by atoms with Crippen LogP contribution in [0.25, 0.3) is 10.9 Å². The highest BCUT2D eigenvalue weighted by Crippen LogP contribution is 2.36. The second-order valence-electron chi connectivity index (χ2n) is 3.69. The molecule has 1 N–H and O–H groups in total. The Balaban J connectivity index is 2.28. The van der Waals surface area contributed by atoms with Gasteiger partial charge in [-0.05, 0) is 12.1 Å². The van der Waals surface area contributed by atoms with Crippen LogP contribution in [0.1, 0.15) is 10.4 Å². The number of benzene rings is 1. The lowest BCUT2D eigenvalue weighted by molar-refractivity contribution is 0.112. The van der Waals surface area contributed by atoms with Crippen LogP contribution in [0.4, 0.5) is 5.82 Å². The molecule has 1 aliphatic heterocycles. The molecule has 2 aromatic rings. The Morgan fingerprint density at radius 3 is 2.76 bits per heavy atom. The number of hydrogen-bond donors (Lipinski definition) is 1. The van der Waals surface area contributed by atoms with E-state index in [1.165, 1.54) is 0 Å². The third-order valence-corrected chi connectivity index (χ3v) is 2.70. The number of ether oxygens (including phenoxy) is 2. The maximum Gasteiger partial charge on any atom is 0.231 e. The van der Waals surface area contributed by atoms with E-state index in [1.54, 1.807) is 13.1 Å². The van der Waals surface area contributed by atoms with E-state index in [0.717, 1.165) is 17.2 Å². The molecule has 2 heterocycles. The molecule has 0 saturated carbocycles. The largest absolute Gasteiger partial charge is 0.454 e. The van der Waals surface area contributed by atoms with Gasteiger partial charge in [-0.2, -0.15) is 0 Å². The Labute approximate surface area is 97.4 Å². The van der Waals surface area contributed by atoms with Crippen LogP contribution >= 0.6 is 0 Å². The van der Waals surface area contributed by atoms with Crippen LogP contribution < -0.4 is 14.8 Å². The van der Waals surface area contributed by atoms with Gasteiger partial charge in [0.25, 0.3) is 0 Å². The van der Waals surface area contributed by atoms with Crippen molar-refractivity contribution >= 4 is 23.0 Å². The Morgan fingerprint density at radius 2 is 2.06 bits per heavy atom. The Bertz CT molecular complexity index is 610. The summed E-state index contributed by atoms with van der Waals surface area (Å²) in [6, 6.07) is 5.42. The van der Waals surface area contributed by atoms with Crippen molar-refractivity contribution in [2.24, 2.45) is 0 Å². The minimum absolute atomic E-state index is 0.227. The van der Waals surface area contributed by atoms with Crippen molar-refractivity contribution in [3.05, 3.63) is 23.8 Å². The van der Waals surface area contributed by atoms with Crippen LogP contribution in [0.15, 0.2) is 18.2 Å². The monoisotopic (exact) mass is 230 g/mol. The van der Waals surface area contributed by atoms with E-state index in [1.807, 2.05) is 12.1 Å². The molecule has 5 heteroatoms. The molecule has 1 aromatic carbocycles. The molecule has 0 amide bonds. The first-order valence-corrected chi connectivity index (χ1v) is 5.19. The van der Waals surface area contributed by atoms with Gasteiger partial charge >= 0.3 is 0 Å². The first-order valence-electron chi connectivity index (χ1n) is 5.19. The number of carbonyl (C=O) groups is 1. The number of hydrogen-bond acceptors (Lipinski definition) is 5. The van der Waals surface area contributed by atoms with Gasteiger partial charge in [-0.25, -0.2) is 4.98 Å². The van der Waals surface area contributed by atoms with Gasteiger partial charge in [-0.3, -0.25) is 4.79 Å². The molecule has 1 aromatic heterocycles. The second-order valence-corrected chi connectivity index (χ2v) is 3.69. The van der Waals surface area contributed by atoms with E-state index in [0.29, 0.717) is 22.9 Å². The SMILES string of the molecule is CNc1nc2cc3c(cc2cc1C=O)OCO3. The van der Waals surface area contributed by atoms with Crippen LogP contribution in [0.3, 0.4) is 0 Å². The Kier molecular flexibility index (Phi) is 2.11. The van der Waals surface area contributed by atoms with Gasteiger partial charge in [0.1, 0.15) is 5.82 Å². The summed E-state index contributed by atoms with van der Waals surface area (Å²) >= 11 is 0. The molecule has 0 fully saturated rings. The quantitative estimate of drug-likeness (QED) is 0.797. The van der Waals surface area contributed by atoms with Gasteiger partial charge in [0.05, 0.1) is 11.1 Å². The van der Waals surface area contributed by atoms with Crippen molar-refractivity contribution in [1.82, 2.24) is 4.98 Å². The number of aromatic nitrogens is 1. The van der Waals surface area contributed by atoms with Gasteiger partial charge in [0.15, 0.2) is 17.8 Å². The fourth-order valence-electron chi connectivity index (χ4n) is 1.87. The molecule has 5 nitrogen and oxygen atoms in total. The summed E-state index contributed by atoms with van der Waals surface area (Å²) in [6.45, 7) is 0.227.